The number of amides is 2. The molecule has 1 N–H and O–H groups in total. The summed E-state index contributed by atoms with van der Waals surface area (Å²) < 4.78 is 5.38. The fourth-order valence-electron chi connectivity index (χ4n) is 2.92. The lowest BCUT2D eigenvalue weighted by atomic mass is 10.2. The minimum atomic E-state index is -0.254. The Kier molecular flexibility index (Phi) is 7.18. The van der Waals surface area contributed by atoms with Crippen molar-refractivity contribution in [2.75, 3.05) is 19.7 Å². The molecular weight excluding hydrogens is 351 g/mol. The first-order valence-corrected chi connectivity index (χ1v) is 8.84. The van der Waals surface area contributed by atoms with E-state index in [9.17, 15) is 9.59 Å². The van der Waals surface area contributed by atoms with Gasteiger partial charge in [-0.25, -0.2) is 0 Å². The van der Waals surface area contributed by atoms with Gasteiger partial charge in [0, 0.05) is 31.1 Å². The first-order chi connectivity index (χ1) is 11.5. The highest BCUT2D eigenvalue weighted by Crippen LogP contribution is 2.27. The fourth-order valence-corrected chi connectivity index (χ4v) is 3.38. The van der Waals surface area contributed by atoms with Crippen molar-refractivity contribution in [2.45, 2.75) is 38.6 Å². The Morgan fingerprint density at radius 3 is 2.62 bits per heavy atom. The fraction of sp³-hybridized carbons (Fsp3) is 0.529. The van der Waals surface area contributed by atoms with Crippen molar-refractivity contribution in [3.63, 3.8) is 0 Å². The Hall–Kier alpha value is -1.46. The Morgan fingerprint density at radius 2 is 2.00 bits per heavy atom. The number of hydrogen-bond acceptors (Lipinski definition) is 3. The molecule has 1 aliphatic carbocycles. The van der Waals surface area contributed by atoms with E-state index in [1.807, 2.05) is 4.90 Å². The van der Waals surface area contributed by atoms with Crippen molar-refractivity contribution >= 4 is 35.0 Å². The Bertz CT molecular complexity index is 589. The molecule has 0 radical (unpaired) electrons. The van der Waals surface area contributed by atoms with Crippen LogP contribution in [-0.2, 0) is 9.59 Å². The summed E-state index contributed by atoms with van der Waals surface area (Å²) in [6.45, 7) is 2.37. The largest absolute Gasteiger partial charge is 0.482 e. The highest BCUT2D eigenvalue weighted by Gasteiger charge is 2.24. The summed E-state index contributed by atoms with van der Waals surface area (Å²) in [7, 11) is 0. The van der Waals surface area contributed by atoms with Crippen molar-refractivity contribution in [2.24, 2.45) is 0 Å². The lowest BCUT2D eigenvalue weighted by molar-refractivity contribution is -0.131. The molecule has 2 amide bonds. The van der Waals surface area contributed by atoms with Gasteiger partial charge >= 0.3 is 0 Å². The minimum absolute atomic E-state index is 0.0559. The molecule has 1 aliphatic rings. The van der Waals surface area contributed by atoms with Crippen LogP contribution < -0.4 is 10.1 Å². The summed E-state index contributed by atoms with van der Waals surface area (Å²) >= 11 is 11.8. The average Bonchev–Trinajstić information content (AvgIpc) is 3.04. The Balaban J connectivity index is 1.73. The molecule has 24 heavy (non-hydrogen) atoms. The third kappa shape index (κ3) is 5.56. The molecule has 0 saturated heterocycles. The second-order valence-corrected chi connectivity index (χ2v) is 6.71. The second kappa shape index (κ2) is 9.14. The lowest BCUT2D eigenvalue weighted by Crippen LogP contribution is -2.43. The molecule has 0 atom stereocenters. The molecule has 2 rings (SSSR count). The van der Waals surface area contributed by atoms with Gasteiger partial charge in [-0.05, 0) is 31.0 Å². The summed E-state index contributed by atoms with van der Waals surface area (Å²) in [6, 6.07) is 5.13. The molecule has 132 valence electrons. The van der Waals surface area contributed by atoms with E-state index in [1.54, 1.807) is 25.1 Å². The number of halogens is 2. The van der Waals surface area contributed by atoms with Crippen LogP contribution in [0.2, 0.25) is 10.0 Å². The average molecular weight is 373 g/mol. The van der Waals surface area contributed by atoms with Crippen LogP contribution in [0.1, 0.15) is 32.6 Å². The van der Waals surface area contributed by atoms with Crippen LogP contribution in [0.3, 0.4) is 0 Å². The molecule has 1 saturated carbocycles. The van der Waals surface area contributed by atoms with Gasteiger partial charge < -0.3 is 15.0 Å². The van der Waals surface area contributed by atoms with E-state index in [0.29, 0.717) is 34.9 Å². The van der Waals surface area contributed by atoms with Gasteiger partial charge in [-0.1, -0.05) is 36.0 Å². The highest BCUT2D eigenvalue weighted by atomic mass is 35.5. The molecule has 0 aromatic heterocycles. The van der Waals surface area contributed by atoms with Crippen molar-refractivity contribution < 1.29 is 14.3 Å². The number of hydrogen-bond donors (Lipinski definition) is 1. The first-order valence-electron chi connectivity index (χ1n) is 8.09. The van der Waals surface area contributed by atoms with Gasteiger partial charge in [0.25, 0.3) is 5.91 Å². The van der Waals surface area contributed by atoms with Crippen molar-refractivity contribution in [3.8, 4) is 5.75 Å². The van der Waals surface area contributed by atoms with Gasteiger partial charge in [0.15, 0.2) is 6.61 Å². The summed E-state index contributed by atoms with van der Waals surface area (Å²) in [5, 5.41) is 3.63. The number of benzene rings is 1. The number of ether oxygens (including phenoxy) is 1. The molecule has 0 bridgehead atoms. The van der Waals surface area contributed by atoms with Crippen LogP contribution in [0.25, 0.3) is 0 Å². The van der Waals surface area contributed by atoms with Crippen LogP contribution in [0.5, 0.6) is 5.75 Å². The maximum atomic E-state index is 11.9. The van der Waals surface area contributed by atoms with E-state index in [1.165, 1.54) is 0 Å². The maximum Gasteiger partial charge on any atom is 0.258 e. The van der Waals surface area contributed by atoms with Gasteiger partial charge in [0.05, 0.1) is 5.02 Å². The smallest absolute Gasteiger partial charge is 0.258 e. The predicted octanol–water partition coefficient (Wildman–Crippen LogP) is 3.28. The van der Waals surface area contributed by atoms with Gasteiger partial charge in [-0.3, -0.25) is 9.59 Å². The third-order valence-corrected chi connectivity index (χ3v) is 4.63. The number of carbonyl (C=O) groups excluding carboxylic acids is 2. The SMILES string of the molecule is CC(=O)N(CCNC(=O)COc1ccc(Cl)cc1Cl)C1CCCC1. The summed E-state index contributed by atoms with van der Waals surface area (Å²) in [6.07, 6.45) is 4.42. The van der Waals surface area contributed by atoms with E-state index >= 15 is 0 Å². The zero-order chi connectivity index (χ0) is 17.5. The predicted molar refractivity (Wildman–Crippen MR) is 94.6 cm³/mol. The van der Waals surface area contributed by atoms with E-state index in [0.717, 1.165) is 25.7 Å². The maximum absolute atomic E-state index is 11.9. The van der Waals surface area contributed by atoms with Gasteiger partial charge in [-0.15, -0.1) is 0 Å². The van der Waals surface area contributed by atoms with Crippen LogP contribution in [0.15, 0.2) is 18.2 Å². The number of nitrogens with zero attached hydrogens (tertiary/aromatic N) is 1. The quantitative estimate of drug-likeness (QED) is 0.798. The number of rotatable bonds is 7. The first kappa shape index (κ1) is 18.9. The van der Waals surface area contributed by atoms with Crippen LogP contribution in [0.4, 0.5) is 0 Å². The normalized spacial score (nSPS) is 14.5. The van der Waals surface area contributed by atoms with E-state index in [-0.39, 0.29) is 18.4 Å². The zero-order valence-corrected chi connectivity index (χ0v) is 15.2. The lowest BCUT2D eigenvalue weighted by Gasteiger charge is -2.27. The minimum Gasteiger partial charge on any atom is -0.482 e. The molecule has 0 aliphatic heterocycles. The van der Waals surface area contributed by atoms with Gasteiger partial charge in [0.2, 0.25) is 5.91 Å². The second-order valence-electron chi connectivity index (χ2n) is 5.86. The molecule has 0 spiro atoms. The summed E-state index contributed by atoms with van der Waals surface area (Å²) in [5.41, 5.74) is 0. The number of carbonyl (C=O) groups is 2. The molecule has 5 nitrogen and oxygen atoms in total. The van der Waals surface area contributed by atoms with E-state index < -0.39 is 0 Å². The van der Waals surface area contributed by atoms with E-state index in [2.05, 4.69) is 5.32 Å². The van der Waals surface area contributed by atoms with Gasteiger partial charge in [0.1, 0.15) is 5.75 Å². The van der Waals surface area contributed by atoms with Crippen molar-refractivity contribution in [3.05, 3.63) is 28.2 Å². The Morgan fingerprint density at radius 1 is 1.29 bits per heavy atom. The standard InChI is InChI=1S/C17H22Cl2N2O3/c1-12(22)21(14-4-2-3-5-14)9-8-20-17(23)11-24-16-7-6-13(18)10-15(16)19/h6-7,10,14H,2-5,8-9,11H2,1H3,(H,20,23). The molecule has 1 aromatic rings. The van der Waals surface area contributed by atoms with Crippen LogP contribution >= 0.6 is 23.2 Å². The van der Waals surface area contributed by atoms with Crippen molar-refractivity contribution in [1.82, 2.24) is 10.2 Å². The molecular formula is C17H22Cl2N2O3. The molecule has 0 heterocycles. The topological polar surface area (TPSA) is 58.6 Å². The highest BCUT2D eigenvalue weighted by molar-refractivity contribution is 6.35. The van der Waals surface area contributed by atoms with Gasteiger partial charge in [-0.2, -0.15) is 0 Å². The van der Waals surface area contributed by atoms with Crippen LogP contribution in [-0.4, -0.2) is 42.5 Å². The third-order valence-electron chi connectivity index (χ3n) is 4.10. The van der Waals surface area contributed by atoms with E-state index in [4.69, 9.17) is 27.9 Å². The Labute approximate surface area is 152 Å². The summed E-state index contributed by atoms with van der Waals surface area (Å²) in [4.78, 5) is 25.5. The molecule has 1 aromatic carbocycles. The summed E-state index contributed by atoms with van der Waals surface area (Å²) in [5.74, 6) is 0.212. The molecule has 0 unspecified atom stereocenters. The zero-order valence-electron chi connectivity index (χ0n) is 13.7. The monoisotopic (exact) mass is 372 g/mol. The van der Waals surface area contributed by atoms with Crippen LogP contribution in [0, 0.1) is 0 Å². The molecule has 7 heteroatoms. The number of nitrogens with one attached hydrogen (secondary N) is 1. The van der Waals surface area contributed by atoms with Crippen molar-refractivity contribution in [1.29, 1.82) is 0 Å². The molecule has 1 fully saturated rings.